The van der Waals surface area contributed by atoms with Crippen molar-refractivity contribution in [2.24, 2.45) is 0 Å². The molecule has 5 nitrogen and oxygen atoms in total. The summed E-state index contributed by atoms with van der Waals surface area (Å²) in [7, 11) is 2.12. The average Bonchev–Trinajstić information content (AvgIpc) is 3.00. The number of likely N-dealkylation sites (N-methyl/N-ethyl adjacent to an activating group) is 1. The van der Waals surface area contributed by atoms with Crippen LogP contribution in [0.15, 0.2) is 18.2 Å². The Balaban J connectivity index is 2.20. The fraction of sp³-hybridized carbons (Fsp3) is 0.467. The summed E-state index contributed by atoms with van der Waals surface area (Å²) in [5.74, 6) is 0.0699. The number of imidazole rings is 1. The fourth-order valence-corrected chi connectivity index (χ4v) is 3.12. The zero-order valence-electron chi connectivity index (χ0n) is 11.8. The SMILES string of the molecule is CCc1nc2c(C(=O)O)cccc2n1C1CCN(C)C1. The van der Waals surface area contributed by atoms with Crippen LogP contribution in [0.2, 0.25) is 0 Å². The lowest BCUT2D eigenvalue weighted by molar-refractivity contribution is 0.0699. The van der Waals surface area contributed by atoms with Gasteiger partial charge >= 0.3 is 5.97 Å². The number of para-hydroxylation sites is 1. The number of hydrogen-bond donors (Lipinski definition) is 1. The lowest BCUT2D eigenvalue weighted by Crippen LogP contribution is -2.17. The molecular formula is C15H19N3O2. The second-order valence-electron chi connectivity index (χ2n) is 5.43. The van der Waals surface area contributed by atoms with E-state index in [1.54, 1.807) is 6.07 Å². The molecule has 0 radical (unpaired) electrons. The van der Waals surface area contributed by atoms with Crippen molar-refractivity contribution in [2.75, 3.05) is 20.1 Å². The smallest absolute Gasteiger partial charge is 0.337 e. The Hall–Kier alpha value is -1.88. The van der Waals surface area contributed by atoms with Gasteiger partial charge in [0.25, 0.3) is 0 Å². The minimum atomic E-state index is -0.911. The molecular weight excluding hydrogens is 254 g/mol. The monoisotopic (exact) mass is 273 g/mol. The summed E-state index contributed by atoms with van der Waals surface area (Å²) in [4.78, 5) is 18.2. The molecule has 5 heteroatoms. The number of fused-ring (bicyclic) bond motifs is 1. The van der Waals surface area contributed by atoms with Gasteiger partial charge in [-0.1, -0.05) is 13.0 Å². The minimum Gasteiger partial charge on any atom is -0.478 e. The average molecular weight is 273 g/mol. The van der Waals surface area contributed by atoms with Gasteiger partial charge in [0.05, 0.1) is 11.1 Å². The van der Waals surface area contributed by atoms with E-state index in [1.807, 2.05) is 12.1 Å². The van der Waals surface area contributed by atoms with Gasteiger partial charge in [0.15, 0.2) is 0 Å². The van der Waals surface area contributed by atoms with Crippen LogP contribution >= 0.6 is 0 Å². The molecule has 1 aliphatic rings. The van der Waals surface area contributed by atoms with Crippen molar-refractivity contribution in [3.8, 4) is 0 Å². The highest BCUT2D eigenvalue weighted by Gasteiger charge is 2.26. The number of rotatable bonds is 3. The summed E-state index contributed by atoms with van der Waals surface area (Å²) in [6.45, 7) is 4.14. The molecule has 0 amide bonds. The molecule has 20 heavy (non-hydrogen) atoms. The van der Waals surface area contributed by atoms with Crippen LogP contribution < -0.4 is 0 Å². The first-order chi connectivity index (χ1) is 9.61. The zero-order chi connectivity index (χ0) is 14.3. The van der Waals surface area contributed by atoms with E-state index in [1.165, 1.54) is 0 Å². The molecule has 3 rings (SSSR count). The summed E-state index contributed by atoms with van der Waals surface area (Å²) >= 11 is 0. The maximum Gasteiger partial charge on any atom is 0.337 e. The third kappa shape index (κ3) is 1.98. The molecule has 106 valence electrons. The molecule has 1 aromatic heterocycles. The van der Waals surface area contributed by atoms with Gasteiger partial charge in [-0.15, -0.1) is 0 Å². The molecule has 0 spiro atoms. The van der Waals surface area contributed by atoms with Gasteiger partial charge in [-0.3, -0.25) is 0 Å². The Labute approximate surface area is 117 Å². The third-order valence-corrected chi connectivity index (χ3v) is 4.07. The molecule has 1 unspecified atom stereocenters. The summed E-state index contributed by atoms with van der Waals surface area (Å²) in [5, 5.41) is 9.31. The molecule has 1 saturated heterocycles. The maximum absolute atomic E-state index is 11.3. The van der Waals surface area contributed by atoms with Gasteiger partial charge in [-0.25, -0.2) is 9.78 Å². The van der Waals surface area contributed by atoms with Gasteiger partial charge in [0.1, 0.15) is 11.3 Å². The van der Waals surface area contributed by atoms with Gasteiger partial charge < -0.3 is 14.6 Å². The second-order valence-corrected chi connectivity index (χ2v) is 5.43. The van der Waals surface area contributed by atoms with Crippen LogP contribution in [0.4, 0.5) is 0 Å². The Morgan fingerprint density at radius 2 is 2.30 bits per heavy atom. The highest BCUT2D eigenvalue weighted by Crippen LogP contribution is 2.29. The standard InChI is InChI=1S/C15H19N3O2/c1-3-13-16-14-11(15(19)20)5-4-6-12(14)18(13)10-7-8-17(2)9-10/h4-6,10H,3,7-9H2,1-2H3,(H,19,20). The molecule has 2 heterocycles. The summed E-state index contributed by atoms with van der Waals surface area (Å²) in [6.07, 6.45) is 1.90. The number of aryl methyl sites for hydroxylation is 1. The van der Waals surface area contributed by atoms with Gasteiger partial charge in [0, 0.05) is 19.0 Å². The first-order valence-electron chi connectivity index (χ1n) is 7.03. The Bertz CT molecular complexity index is 662. The van der Waals surface area contributed by atoms with Crippen molar-refractivity contribution in [1.29, 1.82) is 0 Å². The predicted octanol–water partition coefficient (Wildman–Crippen LogP) is 2.17. The van der Waals surface area contributed by atoms with Crippen molar-refractivity contribution in [3.63, 3.8) is 0 Å². The van der Waals surface area contributed by atoms with E-state index in [-0.39, 0.29) is 0 Å². The van der Waals surface area contributed by atoms with E-state index in [4.69, 9.17) is 0 Å². The van der Waals surface area contributed by atoms with E-state index in [9.17, 15) is 9.90 Å². The number of likely N-dealkylation sites (tertiary alicyclic amines) is 1. The second kappa shape index (κ2) is 4.90. The van der Waals surface area contributed by atoms with Crippen LogP contribution in [0, 0.1) is 0 Å². The normalized spacial score (nSPS) is 19.8. The molecule has 2 aromatic rings. The van der Waals surface area contributed by atoms with Crippen LogP contribution in [0.1, 0.15) is 35.6 Å². The maximum atomic E-state index is 11.3. The lowest BCUT2D eigenvalue weighted by Gasteiger charge is -2.16. The number of aromatic carboxylic acids is 1. The van der Waals surface area contributed by atoms with E-state index >= 15 is 0 Å². The molecule has 1 N–H and O–H groups in total. The highest BCUT2D eigenvalue weighted by molar-refractivity contribution is 6.01. The highest BCUT2D eigenvalue weighted by atomic mass is 16.4. The molecule has 1 fully saturated rings. The Kier molecular flexibility index (Phi) is 3.22. The third-order valence-electron chi connectivity index (χ3n) is 4.07. The Morgan fingerprint density at radius 1 is 1.50 bits per heavy atom. The van der Waals surface area contributed by atoms with Gasteiger partial charge in [0.2, 0.25) is 0 Å². The first-order valence-corrected chi connectivity index (χ1v) is 7.03. The van der Waals surface area contributed by atoms with Crippen molar-refractivity contribution >= 4 is 17.0 Å². The number of benzene rings is 1. The van der Waals surface area contributed by atoms with Gasteiger partial charge in [-0.2, -0.15) is 0 Å². The Morgan fingerprint density at radius 3 is 2.90 bits per heavy atom. The van der Waals surface area contributed by atoms with Crippen molar-refractivity contribution in [1.82, 2.24) is 14.5 Å². The minimum absolute atomic E-state index is 0.294. The number of carboxylic acids is 1. The lowest BCUT2D eigenvalue weighted by atomic mass is 10.1. The van der Waals surface area contributed by atoms with Crippen LogP contribution in [0.3, 0.4) is 0 Å². The van der Waals surface area contributed by atoms with E-state index in [0.29, 0.717) is 17.1 Å². The molecule has 0 bridgehead atoms. The molecule has 0 aliphatic carbocycles. The van der Waals surface area contributed by atoms with Crippen LogP contribution in [0.5, 0.6) is 0 Å². The van der Waals surface area contributed by atoms with Crippen LogP contribution in [-0.2, 0) is 6.42 Å². The number of nitrogens with zero attached hydrogens (tertiary/aromatic N) is 3. The van der Waals surface area contributed by atoms with E-state index in [2.05, 4.69) is 28.4 Å². The topological polar surface area (TPSA) is 58.4 Å². The fourth-order valence-electron chi connectivity index (χ4n) is 3.12. The molecule has 1 atom stereocenters. The van der Waals surface area contributed by atoms with Crippen LogP contribution in [-0.4, -0.2) is 45.7 Å². The number of carboxylic acid groups (broad SMARTS) is 1. The molecule has 1 aromatic carbocycles. The van der Waals surface area contributed by atoms with Crippen LogP contribution in [0.25, 0.3) is 11.0 Å². The van der Waals surface area contributed by atoms with Crippen molar-refractivity contribution < 1.29 is 9.90 Å². The zero-order valence-corrected chi connectivity index (χ0v) is 11.8. The van der Waals surface area contributed by atoms with E-state index < -0.39 is 5.97 Å². The predicted molar refractivity (Wildman–Crippen MR) is 77.2 cm³/mol. The summed E-state index contributed by atoms with van der Waals surface area (Å²) in [5.41, 5.74) is 1.86. The summed E-state index contributed by atoms with van der Waals surface area (Å²) < 4.78 is 2.24. The quantitative estimate of drug-likeness (QED) is 0.931. The number of hydrogen-bond acceptors (Lipinski definition) is 3. The first kappa shape index (κ1) is 13.1. The van der Waals surface area contributed by atoms with Crippen molar-refractivity contribution in [3.05, 3.63) is 29.6 Å². The largest absolute Gasteiger partial charge is 0.478 e. The number of carbonyl (C=O) groups is 1. The van der Waals surface area contributed by atoms with E-state index in [0.717, 1.165) is 37.3 Å². The molecule has 1 aliphatic heterocycles. The number of aromatic nitrogens is 2. The van der Waals surface area contributed by atoms with Crippen molar-refractivity contribution in [2.45, 2.75) is 25.8 Å². The summed E-state index contributed by atoms with van der Waals surface area (Å²) in [6, 6.07) is 5.81. The van der Waals surface area contributed by atoms with Gasteiger partial charge in [-0.05, 0) is 32.1 Å². The molecule has 0 saturated carbocycles.